The van der Waals surface area contributed by atoms with Crippen LogP contribution in [0.15, 0.2) is 54.1 Å². The van der Waals surface area contributed by atoms with Crippen LogP contribution in [0.5, 0.6) is 5.75 Å². The van der Waals surface area contributed by atoms with Crippen LogP contribution in [-0.4, -0.2) is 108 Å². The Balaban J connectivity index is 1.18. The first-order chi connectivity index (χ1) is 22.7. The van der Waals surface area contributed by atoms with E-state index < -0.39 is 30.6 Å². The predicted octanol–water partition coefficient (Wildman–Crippen LogP) is 2.88. The maximum absolute atomic E-state index is 15.0. The summed E-state index contributed by atoms with van der Waals surface area (Å²) in [4.78, 5) is 24.3. The van der Waals surface area contributed by atoms with Gasteiger partial charge in [0.05, 0.1) is 44.2 Å². The van der Waals surface area contributed by atoms with E-state index in [1.807, 2.05) is 6.07 Å². The smallest absolute Gasteiger partial charge is 0.301 e. The summed E-state index contributed by atoms with van der Waals surface area (Å²) in [5.74, 6) is -2.54. The van der Waals surface area contributed by atoms with Crippen LogP contribution in [0.3, 0.4) is 0 Å². The van der Waals surface area contributed by atoms with Gasteiger partial charge in [0.25, 0.3) is 5.91 Å². The van der Waals surface area contributed by atoms with E-state index in [4.69, 9.17) is 19.2 Å². The van der Waals surface area contributed by atoms with Gasteiger partial charge in [0.2, 0.25) is 5.95 Å². The molecule has 47 heavy (non-hydrogen) atoms. The monoisotopic (exact) mass is 651 g/mol. The van der Waals surface area contributed by atoms with E-state index in [0.29, 0.717) is 36.3 Å². The van der Waals surface area contributed by atoms with Gasteiger partial charge < -0.3 is 39.8 Å². The molecule has 2 aromatic rings. The number of allylic oxidation sites excluding steroid dienone is 2. The number of hydrogen-bond acceptors (Lipinski definition) is 11. The molecule has 3 fully saturated rings. The number of carbonyl (C=O) groups is 1. The lowest BCUT2D eigenvalue weighted by atomic mass is 9.88. The molecule has 4 aliphatic heterocycles. The molecular weight excluding hydrogens is 612 g/mol. The average molecular weight is 652 g/mol. The quantitative estimate of drug-likeness (QED) is 0.368. The van der Waals surface area contributed by atoms with Crippen molar-refractivity contribution in [2.75, 3.05) is 51.8 Å². The number of nitriles is 1. The van der Waals surface area contributed by atoms with Gasteiger partial charge >= 0.3 is 5.92 Å². The summed E-state index contributed by atoms with van der Waals surface area (Å²) in [7, 11) is 1.69. The van der Waals surface area contributed by atoms with E-state index in [0.717, 1.165) is 36.7 Å². The van der Waals surface area contributed by atoms with E-state index >= 15 is 0 Å². The Bertz CT molecular complexity index is 1570. The van der Waals surface area contributed by atoms with E-state index in [1.54, 1.807) is 31.5 Å². The van der Waals surface area contributed by atoms with Crippen LogP contribution in [0.25, 0.3) is 11.3 Å². The van der Waals surface area contributed by atoms with E-state index in [9.17, 15) is 23.9 Å². The van der Waals surface area contributed by atoms with Gasteiger partial charge in [-0.1, -0.05) is 6.08 Å². The van der Waals surface area contributed by atoms with Crippen molar-refractivity contribution < 1.29 is 32.9 Å². The number of hydrogen-bond donors (Lipinski definition) is 3. The van der Waals surface area contributed by atoms with Gasteiger partial charge in [-0.3, -0.25) is 4.79 Å². The summed E-state index contributed by atoms with van der Waals surface area (Å²) in [6, 6.07) is 8.54. The number of nitrogens with zero attached hydrogens (tertiary/aromatic N) is 5. The molecule has 0 saturated carbocycles. The van der Waals surface area contributed by atoms with Gasteiger partial charge in [-0.15, -0.1) is 0 Å². The van der Waals surface area contributed by atoms with Gasteiger partial charge in [-0.25, -0.2) is 18.7 Å². The number of likely N-dealkylation sites (tertiary alicyclic amines) is 1. The third-order valence-corrected chi connectivity index (χ3v) is 9.03. The average Bonchev–Trinajstić information content (AvgIpc) is 3.05. The molecule has 1 amide bonds. The Hall–Kier alpha value is -4.32. The molecule has 0 spiro atoms. The second kappa shape index (κ2) is 13.8. The summed E-state index contributed by atoms with van der Waals surface area (Å²) < 4.78 is 47.1. The lowest BCUT2D eigenvalue weighted by Gasteiger charge is -2.46. The summed E-state index contributed by atoms with van der Waals surface area (Å²) in [6.07, 6.45) is 4.54. The number of methoxy groups -OCH3 is 1. The Labute approximate surface area is 272 Å². The van der Waals surface area contributed by atoms with Crippen molar-refractivity contribution in [2.45, 2.75) is 56.5 Å². The highest BCUT2D eigenvalue weighted by Crippen LogP contribution is 2.36. The van der Waals surface area contributed by atoms with Gasteiger partial charge in [-0.2, -0.15) is 5.26 Å². The number of aromatic nitrogens is 2. The van der Waals surface area contributed by atoms with Crippen LogP contribution >= 0.6 is 0 Å². The van der Waals surface area contributed by atoms with Crippen LogP contribution in [0.2, 0.25) is 0 Å². The number of benzene rings is 1. The molecule has 1 aromatic heterocycles. The fourth-order valence-electron chi connectivity index (χ4n) is 6.47. The van der Waals surface area contributed by atoms with Gasteiger partial charge in [0.15, 0.2) is 12.0 Å². The minimum Gasteiger partial charge on any atom is -0.483 e. The van der Waals surface area contributed by atoms with E-state index in [1.165, 1.54) is 18.6 Å². The van der Waals surface area contributed by atoms with Crippen LogP contribution in [0.1, 0.15) is 31.7 Å². The summed E-state index contributed by atoms with van der Waals surface area (Å²) in [5, 5.41) is 26.2. The second-order valence-corrected chi connectivity index (χ2v) is 12.2. The third-order valence-electron chi connectivity index (χ3n) is 9.03. The second-order valence-electron chi connectivity index (χ2n) is 12.2. The van der Waals surface area contributed by atoms with Crippen molar-refractivity contribution in [3.05, 3.63) is 59.6 Å². The van der Waals surface area contributed by atoms with Crippen LogP contribution in [-0.2, 0) is 14.3 Å². The maximum Gasteiger partial charge on any atom is 0.301 e. The van der Waals surface area contributed by atoms with Crippen LogP contribution in [0, 0.1) is 17.2 Å². The number of aliphatic hydroxyl groups excluding tert-OH is 1. The van der Waals surface area contributed by atoms with Crippen molar-refractivity contribution in [3.8, 4) is 23.1 Å². The number of amides is 1. The fraction of sp³-hybridized carbons (Fsp3) is 0.515. The largest absolute Gasteiger partial charge is 0.483 e. The molecule has 3 unspecified atom stereocenters. The molecule has 6 rings (SSSR count). The normalized spacial score (nSPS) is 23.9. The zero-order valence-corrected chi connectivity index (χ0v) is 26.4. The minimum absolute atomic E-state index is 0.00307. The number of anilines is 1. The van der Waals surface area contributed by atoms with Crippen LogP contribution in [0.4, 0.5) is 14.7 Å². The number of piperidine rings is 2. The highest BCUT2D eigenvalue weighted by molar-refractivity contribution is 5.80. The highest BCUT2D eigenvalue weighted by Gasteiger charge is 2.48. The molecule has 12 nitrogen and oxygen atoms in total. The lowest BCUT2D eigenvalue weighted by molar-refractivity contribution is -0.165. The van der Waals surface area contributed by atoms with Crippen molar-refractivity contribution in [3.63, 3.8) is 0 Å². The molecule has 14 heteroatoms. The Kier molecular flexibility index (Phi) is 9.58. The predicted molar refractivity (Wildman–Crippen MR) is 167 cm³/mol. The number of ether oxygens (including phenoxy) is 3. The number of nitrogens with one attached hydrogen (secondary N) is 2. The van der Waals surface area contributed by atoms with Crippen molar-refractivity contribution in [1.29, 1.82) is 5.26 Å². The summed E-state index contributed by atoms with van der Waals surface area (Å²) in [6.45, 7) is 3.46. The zero-order valence-electron chi connectivity index (χ0n) is 26.4. The van der Waals surface area contributed by atoms with Crippen LogP contribution < -0.4 is 15.4 Å². The SMILES string of the molecule is COC1=C(C2CCNCC2)C=CC(Nc2nccc(-c3ccc(OC4CCN(C(=O)C(C)O)CC4(F)F)c(C#N)c3)n2)N1C1COC1. The zero-order chi connectivity index (χ0) is 33.1. The molecule has 3 atom stereocenters. The molecule has 0 bridgehead atoms. The topological polar surface area (TPSA) is 145 Å². The van der Waals surface area contributed by atoms with Crippen molar-refractivity contribution in [2.24, 2.45) is 5.92 Å². The Morgan fingerprint density at radius 3 is 2.70 bits per heavy atom. The van der Waals surface area contributed by atoms with Crippen molar-refractivity contribution in [1.82, 2.24) is 25.1 Å². The van der Waals surface area contributed by atoms with Gasteiger partial charge in [-0.05, 0) is 69.1 Å². The molecule has 0 radical (unpaired) electrons. The summed E-state index contributed by atoms with van der Waals surface area (Å²) >= 11 is 0. The fourth-order valence-corrected chi connectivity index (χ4v) is 6.47. The number of rotatable bonds is 9. The molecule has 250 valence electrons. The molecule has 3 saturated heterocycles. The standard InChI is InChI=1S/C33H39F2N7O5/c1-20(43)30(44)41-14-10-28(33(34,35)19-41)47-27-5-3-22(15-23(27)16-36)26-9-13-38-32(39-26)40-29-6-4-25(21-7-11-37-12-8-21)31(45-2)42(29)24-17-46-18-24/h3-6,9,13,15,20-21,24,28-29,37,43H,7-8,10-12,14,17-19H2,1-2H3,(H,38,39,40). The number of halogens is 2. The van der Waals surface area contributed by atoms with E-state index in [-0.39, 0.29) is 36.5 Å². The third kappa shape index (κ3) is 6.88. The first-order valence-electron chi connectivity index (χ1n) is 15.9. The first-order valence-corrected chi connectivity index (χ1v) is 15.9. The Morgan fingerprint density at radius 1 is 1.26 bits per heavy atom. The molecule has 4 aliphatic rings. The molecule has 5 heterocycles. The van der Waals surface area contributed by atoms with Crippen molar-refractivity contribution >= 4 is 11.9 Å². The lowest BCUT2D eigenvalue weighted by Crippen LogP contribution is -2.56. The Morgan fingerprint density at radius 2 is 2.04 bits per heavy atom. The van der Waals surface area contributed by atoms with E-state index in [2.05, 4.69) is 32.7 Å². The number of aliphatic hydroxyl groups is 1. The molecular formula is C33H39F2N7O5. The molecule has 0 aliphatic carbocycles. The molecule has 3 N–H and O–H groups in total. The summed E-state index contributed by atoms with van der Waals surface area (Å²) in [5.41, 5.74) is 2.35. The van der Waals surface area contributed by atoms with Gasteiger partial charge in [0.1, 0.15) is 24.1 Å². The number of alkyl halides is 2. The molecule has 1 aromatic carbocycles. The number of carbonyl (C=O) groups excluding carboxylic acids is 1. The highest BCUT2D eigenvalue weighted by atomic mass is 19.3. The maximum atomic E-state index is 15.0. The minimum atomic E-state index is -3.37. The van der Waals surface area contributed by atoms with Gasteiger partial charge in [0, 0.05) is 30.3 Å². The first kappa shape index (κ1) is 32.6.